The number of hydrogen-bond acceptors (Lipinski definition) is 3. The number of nitrogens with one attached hydrogen (secondary N) is 2. The van der Waals surface area contributed by atoms with Gasteiger partial charge in [0, 0.05) is 18.2 Å². The van der Waals surface area contributed by atoms with Crippen LogP contribution in [0.4, 0.5) is 4.79 Å². The number of amides is 2. The van der Waals surface area contributed by atoms with Crippen LogP contribution < -0.4 is 10.6 Å². The molecule has 1 aliphatic rings. The van der Waals surface area contributed by atoms with Crippen LogP contribution in [-0.2, 0) is 4.74 Å². The van der Waals surface area contributed by atoms with E-state index in [4.69, 9.17) is 4.74 Å². The van der Waals surface area contributed by atoms with Crippen molar-refractivity contribution >= 4 is 12.0 Å². The standard InChI is InChI=1S/C24H30N2O3/c1-24(2,3)29-23(28)26-21-14-9-17(15-21)16-25-22(27)20-12-10-19(11-13-20)18-7-5-4-6-8-18/h4-8,10-13,17,21H,9,14-16H2,1-3H3,(H,25,27)(H,26,28)/t17-,21+/m1/s1. The summed E-state index contributed by atoms with van der Waals surface area (Å²) in [5.41, 5.74) is 2.39. The van der Waals surface area contributed by atoms with Crippen molar-refractivity contribution in [2.45, 2.75) is 51.7 Å². The molecule has 2 amide bonds. The second-order valence-corrected chi connectivity index (χ2v) is 8.68. The van der Waals surface area contributed by atoms with E-state index >= 15 is 0 Å². The average Bonchev–Trinajstić information content (AvgIpc) is 3.12. The van der Waals surface area contributed by atoms with Gasteiger partial charge in [0.05, 0.1) is 0 Å². The van der Waals surface area contributed by atoms with E-state index < -0.39 is 5.60 Å². The van der Waals surface area contributed by atoms with Gasteiger partial charge >= 0.3 is 6.09 Å². The van der Waals surface area contributed by atoms with Crippen molar-refractivity contribution in [1.82, 2.24) is 10.6 Å². The molecule has 2 aromatic rings. The molecule has 29 heavy (non-hydrogen) atoms. The van der Waals surface area contributed by atoms with Crippen molar-refractivity contribution in [3.8, 4) is 11.1 Å². The lowest BCUT2D eigenvalue weighted by atomic mass is 10.0. The van der Waals surface area contributed by atoms with Crippen molar-refractivity contribution < 1.29 is 14.3 Å². The summed E-state index contributed by atoms with van der Waals surface area (Å²) in [4.78, 5) is 24.4. The third-order valence-electron chi connectivity index (χ3n) is 5.07. The fourth-order valence-electron chi connectivity index (χ4n) is 3.65. The third kappa shape index (κ3) is 6.34. The third-order valence-corrected chi connectivity index (χ3v) is 5.07. The first-order valence-corrected chi connectivity index (χ1v) is 10.2. The molecule has 0 unspecified atom stereocenters. The minimum Gasteiger partial charge on any atom is -0.444 e. The molecule has 1 saturated carbocycles. The fourth-order valence-corrected chi connectivity index (χ4v) is 3.65. The van der Waals surface area contributed by atoms with Crippen LogP contribution in [0.15, 0.2) is 54.6 Å². The molecule has 0 spiro atoms. The molecule has 2 N–H and O–H groups in total. The average molecular weight is 395 g/mol. The Morgan fingerprint density at radius 3 is 2.28 bits per heavy atom. The second-order valence-electron chi connectivity index (χ2n) is 8.68. The molecule has 0 saturated heterocycles. The van der Waals surface area contributed by atoms with Crippen LogP contribution in [0.5, 0.6) is 0 Å². The van der Waals surface area contributed by atoms with Gasteiger partial charge in [-0.05, 0) is 69.2 Å². The number of carbonyl (C=O) groups excluding carboxylic acids is 2. The zero-order chi connectivity index (χ0) is 20.9. The number of benzene rings is 2. The molecule has 0 radical (unpaired) electrons. The first-order valence-electron chi connectivity index (χ1n) is 10.2. The Balaban J connectivity index is 1.44. The Morgan fingerprint density at radius 2 is 1.62 bits per heavy atom. The van der Waals surface area contributed by atoms with Gasteiger partial charge in [0.15, 0.2) is 0 Å². The monoisotopic (exact) mass is 394 g/mol. The number of ether oxygens (including phenoxy) is 1. The molecule has 2 aromatic carbocycles. The number of rotatable bonds is 5. The fraction of sp³-hybridized carbons (Fsp3) is 0.417. The van der Waals surface area contributed by atoms with Gasteiger partial charge in [0.1, 0.15) is 5.60 Å². The molecule has 3 rings (SSSR count). The summed E-state index contributed by atoms with van der Waals surface area (Å²) >= 11 is 0. The molecule has 0 aliphatic heterocycles. The van der Waals surface area contributed by atoms with Gasteiger partial charge < -0.3 is 15.4 Å². The van der Waals surface area contributed by atoms with Crippen molar-refractivity contribution in [1.29, 1.82) is 0 Å². The highest BCUT2D eigenvalue weighted by Gasteiger charge is 2.27. The molecule has 1 aliphatic carbocycles. The predicted molar refractivity (Wildman–Crippen MR) is 115 cm³/mol. The predicted octanol–water partition coefficient (Wildman–Crippen LogP) is 4.78. The quantitative estimate of drug-likeness (QED) is 0.767. The lowest BCUT2D eigenvalue weighted by Crippen LogP contribution is -2.38. The lowest BCUT2D eigenvalue weighted by Gasteiger charge is -2.21. The second kappa shape index (κ2) is 9.12. The van der Waals surface area contributed by atoms with Crippen molar-refractivity contribution in [2.75, 3.05) is 6.54 Å². The van der Waals surface area contributed by atoms with E-state index in [1.54, 1.807) is 0 Å². The molecule has 0 bridgehead atoms. The van der Waals surface area contributed by atoms with E-state index in [0.29, 0.717) is 18.0 Å². The summed E-state index contributed by atoms with van der Waals surface area (Å²) in [7, 11) is 0. The van der Waals surface area contributed by atoms with E-state index in [9.17, 15) is 9.59 Å². The van der Waals surface area contributed by atoms with E-state index in [0.717, 1.165) is 30.4 Å². The van der Waals surface area contributed by atoms with Gasteiger partial charge in [-0.1, -0.05) is 42.5 Å². The topological polar surface area (TPSA) is 67.4 Å². The Bertz CT molecular complexity index is 825. The van der Waals surface area contributed by atoms with Crippen LogP contribution >= 0.6 is 0 Å². The van der Waals surface area contributed by atoms with Crippen LogP contribution in [0.2, 0.25) is 0 Å². The summed E-state index contributed by atoms with van der Waals surface area (Å²) in [5.74, 6) is 0.302. The van der Waals surface area contributed by atoms with Crippen LogP contribution in [0.25, 0.3) is 11.1 Å². The maximum absolute atomic E-state index is 12.5. The highest BCUT2D eigenvalue weighted by molar-refractivity contribution is 5.94. The molecular weight excluding hydrogens is 364 g/mol. The number of carbonyl (C=O) groups is 2. The van der Waals surface area contributed by atoms with Gasteiger partial charge in [-0.2, -0.15) is 0 Å². The summed E-state index contributed by atoms with van der Waals surface area (Å²) in [5, 5.41) is 5.96. The Morgan fingerprint density at radius 1 is 0.966 bits per heavy atom. The Labute approximate surface area is 172 Å². The molecule has 5 nitrogen and oxygen atoms in total. The summed E-state index contributed by atoms with van der Waals surface area (Å²) in [6, 6.07) is 17.9. The molecule has 1 fully saturated rings. The highest BCUT2D eigenvalue weighted by atomic mass is 16.6. The van der Waals surface area contributed by atoms with Gasteiger partial charge in [0.25, 0.3) is 5.91 Å². The minimum atomic E-state index is -0.494. The molecule has 0 aromatic heterocycles. The zero-order valence-corrected chi connectivity index (χ0v) is 17.4. The SMILES string of the molecule is CC(C)(C)OC(=O)N[C@H]1CC[C@@H](CNC(=O)c2ccc(-c3ccccc3)cc2)C1. The Hall–Kier alpha value is -2.82. The smallest absolute Gasteiger partial charge is 0.407 e. The highest BCUT2D eigenvalue weighted by Crippen LogP contribution is 2.25. The number of alkyl carbamates (subject to hydrolysis) is 1. The molecule has 154 valence electrons. The zero-order valence-electron chi connectivity index (χ0n) is 17.4. The maximum atomic E-state index is 12.5. The number of hydrogen-bond donors (Lipinski definition) is 2. The van der Waals surface area contributed by atoms with E-state index in [1.807, 2.05) is 63.2 Å². The van der Waals surface area contributed by atoms with Crippen molar-refractivity contribution in [3.63, 3.8) is 0 Å². The first kappa shape index (κ1) is 20.9. The summed E-state index contributed by atoms with van der Waals surface area (Å²) < 4.78 is 5.31. The summed E-state index contributed by atoms with van der Waals surface area (Å²) in [6.07, 6.45) is 2.37. The molecular formula is C24H30N2O3. The molecule has 5 heteroatoms. The Kier molecular flexibility index (Phi) is 6.57. The van der Waals surface area contributed by atoms with Crippen LogP contribution in [-0.4, -0.2) is 30.2 Å². The summed E-state index contributed by atoms with van der Waals surface area (Å²) in [6.45, 7) is 6.18. The van der Waals surface area contributed by atoms with Crippen LogP contribution in [0.1, 0.15) is 50.4 Å². The van der Waals surface area contributed by atoms with Crippen molar-refractivity contribution in [3.05, 3.63) is 60.2 Å². The first-order chi connectivity index (χ1) is 13.8. The van der Waals surface area contributed by atoms with Gasteiger partial charge in [-0.25, -0.2) is 4.79 Å². The normalized spacial score (nSPS) is 18.9. The largest absolute Gasteiger partial charge is 0.444 e. The maximum Gasteiger partial charge on any atom is 0.407 e. The van der Waals surface area contributed by atoms with Crippen LogP contribution in [0.3, 0.4) is 0 Å². The lowest BCUT2D eigenvalue weighted by molar-refractivity contribution is 0.0504. The van der Waals surface area contributed by atoms with E-state index in [-0.39, 0.29) is 18.0 Å². The van der Waals surface area contributed by atoms with E-state index in [2.05, 4.69) is 22.8 Å². The van der Waals surface area contributed by atoms with Gasteiger partial charge in [0.2, 0.25) is 0 Å². The molecule has 0 heterocycles. The van der Waals surface area contributed by atoms with Gasteiger partial charge in [-0.15, -0.1) is 0 Å². The van der Waals surface area contributed by atoms with E-state index in [1.165, 1.54) is 0 Å². The minimum absolute atomic E-state index is 0.0619. The van der Waals surface area contributed by atoms with Crippen LogP contribution in [0, 0.1) is 5.92 Å². The van der Waals surface area contributed by atoms with Crippen molar-refractivity contribution in [2.24, 2.45) is 5.92 Å². The molecule has 2 atom stereocenters. The van der Waals surface area contributed by atoms with Gasteiger partial charge in [-0.3, -0.25) is 4.79 Å².